The van der Waals surface area contributed by atoms with E-state index in [9.17, 15) is 9.18 Å². The fraction of sp³-hybridized carbons (Fsp3) is 0.500. The van der Waals surface area contributed by atoms with Gasteiger partial charge < -0.3 is 9.64 Å². The van der Waals surface area contributed by atoms with Crippen LogP contribution in [0.2, 0.25) is 0 Å². The van der Waals surface area contributed by atoms with Gasteiger partial charge in [0.1, 0.15) is 5.82 Å². The van der Waals surface area contributed by atoms with Crippen LogP contribution in [0.1, 0.15) is 62.1 Å². The molecule has 0 N–H and O–H groups in total. The van der Waals surface area contributed by atoms with Crippen molar-refractivity contribution in [3.8, 4) is 0 Å². The second-order valence-corrected chi connectivity index (χ2v) is 8.88. The number of hydrogen-bond acceptors (Lipinski definition) is 3. The number of benzene rings is 1. The molecule has 3 aliphatic rings. The largest absolute Gasteiger partial charge is 0.374 e. The van der Waals surface area contributed by atoms with E-state index in [1.807, 2.05) is 18.2 Å². The van der Waals surface area contributed by atoms with Gasteiger partial charge in [-0.05, 0) is 62.1 Å². The minimum atomic E-state index is -0.330. The molecule has 5 rings (SSSR count). The highest BCUT2D eigenvalue weighted by Crippen LogP contribution is 2.54. The van der Waals surface area contributed by atoms with Gasteiger partial charge in [0.15, 0.2) is 0 Å². The molecule has 2 aliphatic heterocycles. The van der Waals surface area contributed by atoms with Crippen LogP contribution in [0.4, 0.5) is 4.39 Å². The second-order valence-electron chi connectivity index (χ2n) is 8.88. The van der Waals surface area contributed by atoms with Crippen molar-refractivity contribution >= 4 is 5.91 Å². The van der Waals surface area contributed by atoms with Crippen molar-refractivity contribution in [3.05, 3.63) is 65.7 Å². The van der Waals surface area contributed by atoms with Crippen molar-refractivity contribution in [3.63, 3.8) is 0 Å². The number of amides is 1. The van der Waals surface area contributed by atoms with Gasteiger partial charge in [-0.1, -0.05) is 30.3 Å². The average Bonchev–Trinajstić information content (AvgIpc) is 3.27. The number of halogens is 1. The van der Waals surface area contributed by atoms with E-state index in [1.165, 1.54) is 17.8 Å². The van der Waals surface area contributed by atoms with Gasteiger partial charge in [-0.25, -0.2) is 4.39 Å². The third kappa shape index (κ3) is 3.46. The first-order valence-electron chi connectivity index (χ1n) is 10.7. The SMILES string of the molecule is O=C1N2C(CCC2c2cncc(F)c2)CC12CCC(OCc1ccccc1)CC2. The molecule has 1 saturated carbocycles. The Morgan fingerprint density at radius 1 is 1.10 bits per heavy atom. The van der Waals surface area contributed by atoms with Crippen molar-refractivity contribution in [1.29, 1.82) is 0 Å². The second kappa shape index (κ2) is 7.52. The predicted octanol–water partition coefficient (Wildman–Crippen LogP) is 4.80. The Morgan fingerprint density at radius 3 is 2.66 bits per heavy atom. The minimum absolute atomic E-state index is 0.0258. The maximum Gasteiger partial charge on any atom is 0.229 e. The number of rotatable bonds is 4. The van der Waals surface area contributed by atoms with Gasteiger partial charge in [-0.15, -0.1) is 0 Å². The van der Waals surface area contributed by atoms with E-state index >= 15 is 0 Å². The van der Waals surface area contributed by atoms with E-state index in [0.717, 1.165) is 50.5 Å². The molecule has 4 nitrogen and oxygen atoms in total. The lowest BCUT2D eigenvalue weighted by molar-refractivity contribution is -0.141. The summed E-state index contributed by atoms with van der Waals surface area (Å²) in [4.78, 5) is 19.5. The zero-order chi connectivity index (χ0) is 19.8. The minimum Gasteiger partial charge on any atom is -0.374 e. The molecule has 1 aliphatic carbocycles. The van der Waals surface area contributed by atoms with Crippen LogP contribution in [0, 0.1) is 11.2 Å². The molecule has 1 spiro atoms. The lowest BCUT2D eigenvalue weighted by Crippen LogP contribution is -2.39. The van der Waals surface area contributed by atoms with Crippen LogP contribution in [0.3, 0.4) is 0 Å². The summed E-state index contributed by atoms with van der Waals surface area (Å²) in [6.07, 6.45) is 9.67. The van der Waals surface area contributed by atoms with E-state index < -0.39 is 0 Å². The van der Waals surface area contributed by atoms with Gasteiger partial charge in [-0.3, -0.25) is 9.78 Å². The summed E-state index contributed by atoms with van der Waals surface area (Å²) < 4.78 is 19.8. The van der Waals surface area contributed by atoms with Crippen LogP contribution < -0.4 is 0 Å². The van der Waals surface area contributed by atoms with Crippen molar-refractivity contribution < 1.29 is 13.9 Å². The molecule has 1 aromatic carbocycles. The molecular formula is C24H27FN2O2. The summed E-state index contributed by atoms with van der Waals surface area (Å²) in [6, 6.07) is 12.0. The molecule has 2 aromatic rings. The highest BCUT2D eigenvalue weighted by molar-refractivity contribution is 5.86. The van der Waals surface area contributed by atoms with Crippen LogP contribution in [0.25, 0.3) is 0 Å². The Morgan fingerprint density at radius 2 is 1.90 bits per heavy atom. The van der Waals surface area contributed by atoms with Crippen LogP contribution in [0.15, 0.2) is 48.8 Å². The maximum atomic E-state index is 13.7. The van der Waals surface area contributed by atoms with E-state index in [4.69, 9.17) is 4.74 Å². The Hall–Kier alpha value is -2.27. The van der Waals surface area contributed by atoms with Crippen LogP contribution >= 0.6 is 0 Å². The summed E-state index contributed by atoms with van der Waals surface area (Å²) in [5.74, 6) is -0.0563. The molecule has 5 heteroatoms. The fourth-order valence-electron chi connectivity index (χ4n) is 5.66. The summed E-state index contributed by atoms with van der Waals surface area (Å²) in [5, 5.41) is 0. The lowest BCUT2D eigenvalue weighted by atomic mass is 9.70. The lowest BCUT2D eigenvalue weighted by Gasteiger charge is -2.36. The van der Waals surface area contributed by atoms with Crippen molar-refractivity contribution in [1.82, 2.24) is 9.88 Å². The average molecular weight is 394 g/mol. The van der Waals surface area contributed by atoms with Crippen molar-refractivity contribution in [2.75, 3.05) is 0 Å². The third-order valence-corrected chi connectivity index (χ3v) is 7.15. The Bertz CT molecular complexity index is 879. The quantitative estimate of drug-likeness (QED) is 0.748. The summed E-state index contributed by atoms with van der Waals surface area (Å²) in [6.45, 7) is 0.635. The predicted molar refractivity (Wildman–Crippen MR) is 107 cm³/mol. The molecule has 152 valence electrons. The van der Waals surface area contributed by atoms with Gasteiger partial charge in [-0.2, -0.15) is 0 Å². The van der Waals surface area contributed by atoms with Gasteiger partial charge in [0.25, 0.3) is 0 Å². The van der Waals surface area contributed by atoms with E-state index in [1.54, 1.807) is 6.20 Å². The molecule has 2 saturated heterocycles. The Balaban J connectivity index is 1.23. The van der Waals surface area contributed by atoms with Gasteiger partial charge in [0.2, 0.25) is 5.91 Å². The molecule has 2 atom stereocenters. The maximum absolute atomic E-state index is 13.7. The monoisotopic (exact) mass is 394 g/mol. The molecule has 2 unspecified atom stereocenters. The molecule has 3 fully saturated rings. The number of nitrogens with zero attached hydrogens (tertiary/aromatic N) is 2. The number of aromatic nitrogens is 1. The summed E-state index contributed by atoms with van der Waals surface area (Å²) in [7, 11) is 0. The molecule has 29 heavy (non-hydrogen) atoms. The molecule has 1 aromatic heterocycles. The van der Waals surface area contributed by atoms with Crippen LogP contribution in [0.5, 0.6) is 0 Å². The number of fused-ring (bicyclic) bond motifs is 1. The highest BCUT2D eigenvalue weighted by Gasteiger charge is 2.56. The number of carbonyl (C=O) groups is 1. The van der Waals surface area contributed by atoms with E-state index in [2.05, 4.69) is 22.0 Å². The molecule has 3 heterocycles. The normalized spacial score (nSPS) is 31.4. The van der Waals surface area contributed by atoms with Crippen LogP contribution in [-0.2, 0) is 16.1 Å². The number of ether oxygens (including phenoxy) is 1. The standard InChI is InChI=1S/C24H27FN2O2/c25-19-12-18(14-26-15-19)22-7-6-20-13-24(23(28)27(20)22)10-8-21(9-11-24)29-16-17-4-2-1-3-5-17/h1-5,12,14-15,20-22H,6-11,13,16H2. The van der Waals surface area contributed by atoms with E-state index in [-0.39, 0.29) is 35.3 Å². The molecular weight excluding hydrogens is 367 g/mol. The first-order chi connectivity index (χ1) is 14.1. The number of pyridine rings is 1. The molecule has 0 bridgehead atoms. The zero-order valence-corrected chi connectivity index (χ0v) is 16.6. The molecule has 0 radical (unpaired) electrons. The molecule has 1 amide bonds. The van der Waals surface area contributed by atoms with Gasteiger partial charge >= 0.3 is 0 Å². The Labute approximate surface area is 171 Å². The van der Waals surface area contributed by atoms with Crippen LogP contribution in [-0.4, -0.2) is 27.9 Å². The Kier molecular flexibility index (Phi) is 4.86. The smallest absolute Gasteiger partial charge is 0.229 e. The topological polar surface area (TPSA) is 42.4 Å². The number of carbonyl (C=O) groups excluding carboxylic acids is 1. The first-order valence-corrected chi connectivity index (χ1v) is 10.7. The highest BCUT2D eigenvalue weighted by atomic mass is 19.1. The fourth-order valence-corrected chi connectivity index (χ4v) is 5.66. The summed E-state index contributed by atoms with van der Waals surface area (Å²) >= 11 is 0. The van der Waals surface area contributed by atoms with Crippen molar-refractivity contribution in [2.24, 2.45) is 5.41 Å². The third-order valence-electron chi connectivity index (χ3n) is 7.15. The first kappa shape index (κ1) is 18.7. The number of hydrogen-bond donors (Lipinski definition) is 0. The van der Waals surface area contributed by atoms with Crippen molar-refractivity contribution in [2.45, 2.75) is 69.7 Å². The van der Waals surface area contributed by atoms with E-state index in [0.29, 0.717) is 6.61 Å². The van der Waals surface area contributed by atoms with Gasteiger partial charge in [0.05, 0.1) is 30.4 Å². The van der Waals surface area contributed by atoms with Gasteiger partial charge in [0, 0.05) is 12.2 Å². The zero-order valence-electron chi connectivity index (χ0n) is 16.6. The summed E-state index contributed by atoms with van der Waals surface area (Å²) in [5.41, 5.74) is 1.78.